The first-order valence-corrected chi connectivity index (χ1v) is 8.63. The van der Waals surface area contributed by atoms with Crippen LogP contribution in [-0.2, 0) is 14.3 Å². The maximum absolute atomic E-state index is 13.0. The van der Waals surface area contributed by atoms with Gasteiger partial charge < -0.3 is 9.64 Å². The Morgan fingerprint density at radius 3 is 2.75 bits per heavy atom. The number of carbonyl (C=O) groups excluding carboxylic acids is 3. The predicted octanol–water partition coefficient (Wildman–Crippen LogP) is 2.06. The van der Waals surface area contributed by atoms with Gasteiger partial charge in [0.25, 0.3) is 5.91 Å². The van der Waals surface area contributed by atoms with Gasteiger partial charge in [0.05, 0.1) is 18.1 Å². The predicted molar refractivity (Wildman–Crippen MR) is 86.2 cm³/mol. The number of ketones is 1. The molecule has 1 aromatic rings. The number of rotatable bonds is 2. The number of fused-ring (bicyclic) bond motifs is 1. The van der Waals surface area contributed by atoms with Crippen LogP contribution in [0.3, 0.4) is 0 Å². The maximum atomic E-state index is 13.0. The molecule has 0 radical (unpaired) electrons. The summed E-state index contributed by atoms with van der Waals surface area (Å²) in [6.07, 6.45) is 1.63. The van der Waals surface area contributed by atoms with Crippen molar-refractivity contribution in [1.82, 2.24) is 4.90 Å². The van der Waals surface area contributed by atoms with Gasteiger partial charge in [-0.15, -0.1) is 0 Å². The number of esters is 1. The number of likely N-dealkylation sites (tertiary alicyclic amines) is 1. The summed E-state index contributed by atoms with van der Waals surface area (Å²) in [6, 6.07) is 8.58. The standard InChI is InChI=1S/C19H21NO4/c1-2-19-11-20(17(22)12-6-4-3-5-7-12)15-9-14(19)13(8-16(15)21)10-24-18(19)23/h3-7,13-15H,2,8-11H2,1H3/t13-,14-,15+,19-/m1/s1. The molecule has 5 heteroatoms. The maximum Gasteiger partial charge on any atom is 0.314 e. The lowest BCUT2D eigenvalue weighted by Crippen LogP contribution is -2.67. The van der Waals surface area contributed by atoms with Gasteiger partial charge in [-0.25, -0.2) is 0 Å². The molecule has 2 bridgehead atoms. The van der Waals surface area contributed by atoms with Gasteiger partial charge in [0.15, 0.2) is 5.78 Å². The third-order valence-corrected chi connectivity index (χ3v) is 6.17. The summed E-state index contributed by atoms with van der Waals surface area (Å²) in [7, 11) is 0. The topological polar surface area (TPSA) is 63.7 Å². The van der Waals surface area contributed by atoms with Crippen molar-refractivity contribution in [2.75, 3.05) is 13.2 Å². The van der Waals surface area contributed by atoms with Crippen LogP contribution in [0.5, 0.6) is 0 Å². The number of cyclic esters (lactones) is 1. The highest BCUT2D eigenvalue weighted by molar-refractivity contribution is 5.99. The highest BCUT2D eigenvalue weighted by Crippen LogP contribution is 2.52. The van der Waals surface area contributed by atoms with E-state index in [0.717, 1.165) is 0 Å². The zero-order valence-electron chi connectivity index (χ0n) is 13.7. The quantitative estimate of drug-likeness (QED) is 0.780. The molecule has 1 amide bonds. The van der Waals surface area contributed by atoms with E-state index in [1.165, 1.54) is 0 Å². The minimum absolute atomic E-state index is 0.100. The van der Waals surface area contributed by atoms with E-state index in [2.05, 4.69) is 0 Å². The van der Waals surface area contributed by atoms with Gasteiger partial charge in [0, 0.05) is 24.4 Å². The van der Waals surface area contributed by atoms with Crippen molar-refractivity contribution in [2.24, 2.45) is 17.3 Å². The average molecular weight is 327 g/mol. The Hall–Kier alpha value is -2.17. The van der Waals surface area contributed by atoms with E-state index in [4.69, 9.17) is 4.74 Å². The zero-order chi connectivity index (χ0) is 16.9. The number of ether oxygens (including phenoxy) is 1. The molecule has 2 aliphatic heterocycles. The molecule has 0 unspecified atom stereocenters. The fraction of sp³-hybridized carbons (Fsp3) is 0.526. The first kappa shape index (κ1) is 15.4. The van der Waals surface area contributed by atoms with Gasteiger partial charge in [0.2, 0.25) is 0 Å². The monoisotopic (exact) mass is 327 g/mol. The summed E-state index contributed by atoms with van der Waals surface area (Å²) >= 11 is 0. The number of piperidine rings is 1. The van der Waals surface area contributed by atoms with Crippen molar-refractivity contribution in [1.29, 1.82) is 0 Å². The van der Waals surface area contributed by atoms with Crippen molar-refractivity contribution in [2.45, 2.75) is 32.2 Å². The summed E-state index contributed by atoms with van der Waals surface area (Å²) in [4.78, 5) is 39.8. The molecule has 24 heavy (non-hydrogen) atoms. The van der Waals surface area contributed by atoms with E-state index in [-0.39, 0.29) is 36.0 Å². The second-order valence-electron chi connectivity index (χ2n) is 7.20. The molecular formula is C19H21NO4. The third kappa shape index (κ3) is 2.03. The SMILES string of the molecule is CC[C@@]12CN(C(=O)c3ccccc3)[C@H]3C[C@@H]1[C@@H](COC2=O)CC3=O. The molecule has 3 aliphatic rings. The number of Topliss-reactive ketones (excluding diaryl/α,β-unsaturated/α-hetero) is 1. The highest BCUT2D eigenvalue weighted by atomic mass is 16.5. The summed E-state index contributed by atoms with van der Waals surface area (Å²) in [5.41, 5.74) is -0.105. The molecule has 5 nitrogen and oxygen atoms in total. The normalized spacial score (nSPS) is 34.7. The van der Waals surface area contributed by atoms with Gasteiger partial charge in [-0.2, -0.15) is 0 Å². The van der Waals surface area contributed by atoms with E-state index in [0.29, 0.717) is 31.4 Å². The van der Waals surface area contributed by atoms with E-state index in [1.807, 2.05) is 25.1 Å². The van der Waals surface area contributed by atoms with Gasteiger partial charge in [-0.05, 0) is 30.9 Å². The van der Waals surface area contributed by atoms with Crippen LogP contribution >= 0.6 is 0 Å². The molecule has 0 N–H and O–H groups in total. The molecule has 0 spiro atoms. The number of amides is 1. The third-order valence-electron chi connectivity index (χ3n) is 6.17. The Balaban J connectivity index is 1.74. The highest BCUT2D eigenvalue weighted by Gasteiger charge is 2.61. The van der Waals surface area contributed by atoms with Crippen LogP contribution in [0.2, 0.25) is 0 Å². The van der Waals surface area contributed by atoms with Crippen molar-refractivity contribution in [3.63, 3.8) is 0 Å². The van der Waals surface area contributed by atoms with E-state index in [1.54, 1.807) is 17.0 Å². The average Bonchev–Trinajstić information content (AvgIpc) is 2.63. The first-order valence-electron chi connectivity index (χ1n) is 8.63. The molecule has 2 heterocycles. The van der Waals surface area contributed by atoms with Crippen molar-refractivity contribution in [3.05, 3.63) is 35.9 Å². The molecule has 0 aromatic heterocycles. The zero-order valence-corrected chi connectivity index (χ0v) is 13.7. The van der Waals surface area contributed by atoms with Gasteiger partial charge in [0.1, 0.15) is 0 Å². The summed E-state index contributed by atoms with van der Waals surface area (Å²) in [5.74, 6) is -0.0169. The summed E-state index contributed by atoms with van der Waals surface area (Å²) < 4.78 is 5.42. The first-order chi connectivity index (χ1) is 11.6. The fourth-order valence-corrected chi connectivity index (χ4v) is 4.81. The Morgan fingerprint density at radius 1 is 1.29 bits per heavy atom. The van der Waals surface area contributed by atoms with Crippen LogP contribution in [0.25, 0.3) is 0 Å². The van der Waals surface area contributed by atoms with Crippen molar-refractivity contribution in [3.8, 4) is 0 Å². The second-order valence-corrected chi connectivity index (χ2v) is 7.20. The van der Waals surface area contributed by atoms with Crippen LogP contribution in [0, 0.1) is 17.3 Å². The van der Waals surface area contributed by atoms with Gasteiger partial charge >= 0.3 is 5.97 Å². The largest absolute Gasteiger partial charge is 0.465 e. The minimum atomic E-state index is -0.662. The Kier molecular flexibility index (Phi) is 3.48. The molecule has 2 saturated heterocycles. The number of nitrogens with zero attached hydrogens (tertiary/aromatic N) is 1. The molecule has 4 rings (SSSR count). The lowest BCUT2D eigenvalue weighted by atomic mass is 9.57. The van der Waals surface area contributed by atoms with Crippen LogP contribution in [-0.4, -0.2) is 41.8 Å². The van der Waals surface area contributed by atoms with Gasteiger partial charge in [-0.3, -0.25) is 14.4 Å². The van der Waals surface area contributed by atoms with Crippen molar-refractivity contribution < 1.29 is 19.1 Å². The van der Waals surface area contributed by atoms with Gasteiger partial charge in [-0.1, -0.05) is 25.1 Å². The van der Waals surface area contributed by atoms with Crippen LogP contribution in [0.4, 0.5) is 0 Å². The Bertz CT molecular complexity index is 701. The molecule has 1 aliphatic carbocycles. The van der Waals surface area contributed by atoms with Crippen molar-refractivity contribution >= 4 is 17.7 Å². The van der Waals surface area contributed by atoms with Crippen LogP contribution in [0.1, 0.15) is 36.5 Å². The summed E-state index contributed by atoms with van der Waals surface area (Å²) in [6.45, 7) is 2.61. The van der Waals surface area contributed by atoms with Crippen LogP contribution < -0.4 is 0 Å². The molecule has 126 valence electrons. The smallest absolute Gasteiger partial charge is 0.314 e. The van der Waals surface area contributed by atoms with E-state index < -0.39 is 11.5 Å². The van der Waals surface area contributed by atoms with E-state index in [9.17, 15) is 14.4 Å². The molecule has 3 fully saturated rings. The number of hydrogen-bond acceptors (Lipinski definition) is 4. The Labute approximate surface area is 141 Å². The molecule has 1 saturated carbocycles. The fourth-order valence-electron chi connectivity index (χ4n) is 4.81. The van der Waals surface area contributed by atoms with E-state index >= 15 is 0 Å². The molecule has 1 aromatic carbocycles. The lowest BCUT2D eigenvalue weighted by molar-refractivity contribution is -0.191. The minimum Gasteiger partial charge on any atom is -0.465 e. The summed E-state index contributed by atoms with van der Waals surface area (Å²) in [5, 5.41) is 0. The molecule has 4 atom stereocenters. The van der Waals surface area contributed by atoms with Crippen LogP contribution in [0.15, 0.2) is 30.3 Å². The second kappa shape index (κ2) is 5.43. The Morgan fingerprint density at radius 2 is 2.04 bits per heavy atom. The lowest BCUT2D eigenvalue weighted by Gasteiger charge is -2.56. The number of benzene rings is 1. The number of hydrogen-bond donors (Lipinski definition) is 0. The number of carbonyl (C=O) groups is 3. The molecular weight excluding hydrogens is 306 g/mol.